The summed E-state index contributed by atoms with van der Waals surface area (Å²) in [6.07, 6.45) is 1.58. The van der Waals surface area contributed by atoms with E-state index >= 15 is 0 Å². The molecule has 0 fully saturated rings. The van der Waals surface area contributed by atoms with Crippen molar-refractivity contribution < 1.29 is 23.9 Å². The third-order valence-electron chi connectivity index (χ3n) is 4.44. The molecule has 2 aromatic rings. The van der Waals surface area contributed by atoms with Crippen molar-refractivity contribution in [2.24, 2.45) is 5.92 Å². The summed E-state index contributed by atoms with van der Waals surface area (Å²) in [5, 5.41) is 2.89. The summed E-state index contributed by atoms with van der Waals surface area (Å²) in [6.45, 7) is 3.13. The standard InChI is InChI=1S/C21H20ClN3O5/c1-12(2)9-16(25-19(27)14-5-3-4-6-15(14)20(25)28)21(29)30-11-18(26)24-17-8-7-13(22)10-23-17/h3-8,10,12,16H,9,11H2,1-2H3,(H,23,24,26). The number of imide groups is 1. The fraction of sp³-hybridized carbons (Fsp3) is 0.286. The first kappa shape index (κ1) is 21.4. The van der Waals surface area contributed by atoms with Gasteiger partial charge in [0.2, 0.25) is 0 Å². The lowest BCUT2D eigenvalue weighted by atomic mass is 10.0. The molecule has 1 atom stereocenters. The molecule has 8 nitrogen and oxygen atoms in total. The lowest BCUT2D eigenvalue weighted by Gasteiger charge is -2.25. The molecule has 156 valence electrons. The van der Waals surface area contributed by atoms with Gasteiger partial charge in [-0.2, -0.15) is 0 Å². The number of hydrogen-bond donors (Lipinski definition) is 1. The van der Waals surface area contributed by atoms with Crippen LogP contribution in [0.1, 0.15) is 41.0 Å². The van der Waals surface area contributed by atoms with Gasteiger partial charge in [-0.05, 0) is 36.6 Å². The average molecular weight is 430 g/mol. The number of halogens is 1. The summed E-state index contributed by atoms with van der Waals surface area (Å²) in [5.41, 5.74) is 0.492. The second-order valence-corrected chi connectivity index (χ2v) is 7.63. The normalized spacial score (nSPS) is 13.9. The Bertz CT molecular complexity index is 955. The summed E-state index contributed by atoms with van der Waals surface area (Å²) in [4.78, 5) is 55.1. The number of hydrogen-bond acceptors (Lipinski definition) is 6. The van der Waals surface area contributed by atoms with Gasteiger partial charge in [-0.1, -0.05) is 37.6 Å². The van der Waals surface area contributed by atoms with Gasteiger partial charge in [-0.25, -0.2) is 9.78 Å². The van der Waals surface area contributed by atoms with Crippen molar-refractivity contribution in [2.45, 2.75) is 26.3 Å². The summed E-state index contributed by atoms with van der Waals surface area (Å²) >= 11 is 5.74. The summed E-state index contributed by atoms with van der Waals surface area (Å²) in [7, 11) is 0. The number of nitrogens with one attached hydrogen (secondary N) is 1. The van der Waals surface area contributed by atoms with Crippen LogP contribution in [-0.2, 0) is 14.3 Å². The maximum atomic E-state index is 12.7. The number of rotatable bonds is 7. The lowest BCUT2D eigenvalue weighted by Crippen LogP contribution is -2.46. The maximum Gasteiger partial charge on any atom is 0.329 e. The van der Waals surface area contributed by atoms with Gasteiger partial charge in [0.25, 0.3) is 17.7 Å². The van der Waals surface area contributed by atoms with Crippen molar-refractivity contribution in [3.05, 3.63) is 58.7 Å². The number of ether oxygens (including phenoxy) is 1. The number of carbonyl (C=O) groups excluding carboxylic acids is 4. The van der Waals surface area contributed by atoms with Crippen LogP contribution in [0.4, 0.5) is 5.82 Å². The van der Waals surface area contributed by atoms with Gasteiger partial charge in [0.05, 0.1) is 16.1 Å². The van der Waals surface area contributed by atoms with Crippen LogP contribution < -0.4 is 5.32 Å². The van der Waals surface area contributed by atoms with E-state index in [4.69, 9.17) is 16.3 Å². The molecule has 1 aliphatic heterocycles. The van der Waals surface area contributed by atoms with Gasteiger partial charge in [0.1, 0.15) is 11.9 Å². The van der Waals surface area contributed by atoms with E-state index in [0.717, 1.165) is 4.90 Å². The van der Waals surface area contributed by atoms with Crippen molar-refractivity contribution in [1.82, 2.24) is 9.88 Å². The summed E-state index contributed by atoms with van der Waals surface area (Å²) < 4.78 is 5.12. The highest BCUT2D eigenvalue weighted by Gasteiger charge is 2.43. The molecular weight excluding hydrogens is 410 g/mol. The van der Waals surface area contributed by atoms with Crippen LogP contribution in [0.5, 0.6) is 0 Å². The van der Waals surface area contributed by atoms with E-state index in [1.54, 1.807) is 30.3 Å². The molecular formula is C21H20ClN3O5. The van der Waals surface area contributed by atoms with Gasteiger partial charge in [0, 0.05) is 6.20 Å². The zero-order valence-electron chi connectivity index (χ0n) is 16.4. The van der Waals surface area contributed by atoms with Crippen LogP contribution in [0.2, 0.25) is 5.02 Å². The quantitative estimate of drug-likeness (QED) is 0.535. The van der Waals surface area contributed by atoms with E-state index in [-0.39, 0.29) is 29.3 Å². The molecule has 3 amide bonds. The number of carbonyl (C=O) groups is 4. The molecule has 1 aliphatic rings. The third kappa shape index (κ3) is 4.65. The highest BCUT2D eigenvalue weighted by Crippen LogP contribution is 2.27. The zero-order valence-corrected chi connectivity index (χ0v) is 17.2. The molecule has 0 spiro atoms. The minimum atomic E-state index is -1.13. The maximum absolute atomic E-state index is 12.7. The predicted molar refractivity (Wildman–Crippen MR) is 109 cm³/mol. The first-order valence-electron chi connectivity index (χ1n) is 9.33. The molecule has 0 radical (unpaired) electrons. The number of aromatic nitrogens is 1. The van der Waals surface area contributed by atoms with E-state index < -0.39 is 36.3 Å². The molecule has 1 unspecified atom stereocenters. The SMILES string of the molecule is CC(C)CC(C(=O)OCC(=O)Nc1ccc(Cl)cn1)N1C(=O)c2ccccc2C1=O. The number of amides is 3. The summed E-state index contributed by atoms with van der Waals surface area (Å²) in [5.74, 6) is -2.28. The second-order valence-electron chi connectivity index (χ2n) is 7.19. The molecule has 0 saturated heterocycles. The molecule has 0 aliphatic carbocycles. The van der Waals surface area contributed by atoms with Crippen LogP contribution in [-0.4, -0.2) is 46.2 Å². The molecule has 1 N–H and O–H groups in total. The molecule has 0 bridgehead atoms. The number of pyridine rings is 1. The minimum Gasteiger partial charge on any atom is -0.454 e. The molecule has 9 heteroatoms. The van der Waals surface area contributed by atoms with Crippen LogP contribution in [0.25, 0.3) is 0 Å². The Labute approximate surface area is 178 Å². The van der Waals surface area contributed by atoms with Crippen molar-refractivity contribution in [3.8, 4) is 0 Å². The minimum absolute atomic E-state index is 0.000967. The summed E-state index contributed by atoms with van der Waals surface area (Å²) in [6, 6.07) is 8.31. The number of nitrogens with zero attached hydrogens (tertiary/aromatic N) is 2. The topological polar surface area (TPSA) is 106 Å². The van der Waals surface area contributed by atoms with Gasteiger partial charge in [0.15, 0.2) is 6.61 Å². The van der Waals surface area contributed by atoms with Gasteiger partial charge >= 0.3 is 5.97 Å². The number of anilines is 1. The highest BCUT2D eigenvalue weighted by molar-refractivity contribution is 6.30. The number of esters is 1. The molecule has 30 heavy (non-hydrogen) atoms. The van der Waals surface area contributed by atoms with E-state index in [1.165, 1.54) is 12.3 Å². The first-order valence-corrected chi connectivity index (χ1v) is 9.70. The predicted octanol–water partition coefficient (Wildman–Crippen LogP) is 2.93. The van der Waals surface area contributed by atoms with E-state index in [9.17, 15) is 19.2 Å². The van der Waals surface area contributed by atoms with Crippen LogP contribution in [0.15, 0.2) is 42.6 Å². The van der Waals surface area contributed by atoms with Gasteiger partial charge in [-0.15, -0.1) is 0 Å². The molecule has 3 rings (SSSR count). The zero-order chi connectivity index (χ0) is 21.8. The van der Waals surface area contributed by atoms with Crippen molar-refractivity contribution in [1.29, 1.82) is 0 Å². The highest BCUT2D eigenvalue weighted by atomic mass is 35.5. The molecule has 1 aromatic heterocycles. The Morgan fingerprint density at radius 2 is 1.73 bits per heavy atom. The van der Waals surface area contributed by atoms with Crippen LogP contribution in [0.3, 0.4) is 0 Å². The van der Waals surface area contributed by atoms with E-state index in [2.05, 4.69) is 10.3 Å². The smallest absolute Gasteiger partial charge is 0.329 e. The molecule has 2 heterocycles. The monoisotopic (exact) mass is 429 g/mol. The van der Waals surface area contributed by atoms with Crippen LogP contribution >= 0.6 is 11.6 Å². The Morgan fingerprint density at radius 1 is 1.10 bits per heavy atom. The van der Waals surface area contributed by atoms with Crippen LogP contribution in [0, 0.1) is 5.92 Å². The fourth-order valence-electron chi connectivity index (χ4n) is 3.11. The van der Waals surface area contributed by atoms with E-state index in [1.807, 2.05) is 13.8 Å². The Hall–Kier alpha value is -3.26. The second kappa shape index (κ2) is 9.04. The Kier molecular flexibility index (Phi) is 6.47. The van der Waals surface area contributed by atoms with Crippen molar-refractivity contribution in [2.75, 3.05) is 11.9 Å². The van der Waals surface area contributed by atoms with Crippen molar-refractivity contribution >= 4 is 41.1 Å². The van der Waals surface area contributed by atoms with E-state index in [0.29, 0.717) is 5.02 Å². The average Bonchev–Trinajstić information content (AvgIpc) is 2.97. The van der Waals surface area contributed by atoms with Crippen molar-refractivity contribution in [3.63, 3.8) is 0 Å². The first-order chi connectivity index (χ1) is 14.3. The fourth-order valence-corrected chi connectivity index (χ4v) is 3.22. The Balaban J connectivity index is 1.69. The molecule has 0 saturated carbocycles. The molecule has 1 aromatic carbocycles. The lowest BCUT2D eigenvalue weighted by molar-refractivity contribution is -0.151. The largest absolute Gasteiger partial charge is 0.454 e. The van der Waals surface area contributed by atoms with Gasteiger partial charge in [-0.3, -0.25) is 19.3 Å². The Morgan fingerprint density at radius 3 is 2.27 bits per heavy atom. The third-order valence-corrected chi connectivity index (χ3v) is 4.67. The number of fused-ring (bicyclic) bond motifs is 1. The van der Waals surface area contributed by atoms with Gasteiger partial charge < -0.3 is 10.1 Å². The number of benzene rings is 1.